The van der Waals surface area contributed by atoms with Crippen molar-refractivity contribution in [3.05, 3.63) is 0 Å². The third-order valence-corrected chi connectivity index (χ3v) is 0. The Kier molecular flexibility index (Phi) is 249. The fourth-order valence-corrected chi connectivity index (χ4v) is 0. The van der Waals surface area contributed by atoms with Crippen LogP contribution in [0.5, 0.6) is 0 Å². The van der Waals surface area contributed by atoms with Gasteiger partial charge in [0, 0.05) is 0 Å². The topological polar surface area (TPSA) is 129 Å². The van der Waals surface area contributed by atoms with Crippen molar-refractivity contribution in [3.63, 3.8) is 0 Å². The molecule has 0 spiro atoms. The van der Waals surface area contributed by atoms with E-state index in [9.17, 15) is 0 Å². The minimum absolute atomic E-state index is 0. The molecule has 0 fully saturated rings. The van der Waals surface area contributed by atoms with Crippen molar-refractivity contribution in [2.75, 3.05) is 0 Å². The van der Waals surface area contributed by atoms with E-state index >= 15 is 0 Å². The summed E-state index contributed by atoms with van der Waals surface area (Å²) < 4.78 is 17.0. The van der Waals surface area contributed by atoms with Gasteiger partial charge < -0.3 is 17.9 Å². The van der Waals surface area contributed by atoms with E-state index in [2.05, 4.69) is 0 Å². The molecule has 0 saturated carbocycles. The van der Waals surface area contributed by atoms with Crippen molar-refractivity contribution in [2.45, 2.75) is 0 Å². The van der Waals surface area contributed by atoms with Gasteiger partial charge in [-0.2, -0.15) is 0 Å². The Morgan fingerprint density at radius 2 is 1.00 bits per heavy atom. The van der Waals surface area contributed by atoms with Crippen LogP contribution in [0.4, 0.5) is 0 Å². The van der Waals surface area contributed by atoms with Gasteiger partial charge in [-0.25, -0.2) is 0 Å². The van der Waals surface area contributed by atoms with Crippen LogP contribution < -0.4 is 51.4 Å². The van der Waals surface area contributed by atoms with E-state index in [4.69, 9.17) is 7.08 Å². The van der Waals surface area contributed by atoms with E-state index in [1.807, 2.05) is 0 Å². The Labute approximate surface area is 92.0 Å². The van der Waals surface area contributed by atoms with Crippen LogP contribution in [0.2, 0.25) is 0 Å². The Morgan fingerprint density at radius 3 is 1.00 bits per heavy atom. The summed E-state index contributed by atoms with van der Waals surface area (Å²) in [7, 11) is 0. The molecule has 0 amide bonds. The molecule has 0 radical (unpaired) electrons. The first kappa shape index (κ1) is 37.4. The Balaban J connectivity index is -0.00000000200. The average molecular weight is 316 g/mol. The van der Waals surface area contributed by atoms with Gasteiger partial charge in [-0.05, 0) is 0 Å². The van der Waals surface area contributed by atoms with Crippen LogP contribution in [-0.4, -0.2) is 16.4 Å². The molecule has 46 valence electrons. The van der Waals surface area contributed by atoms with E-state index in [0.717, 1.165) is 0 Å². The molecule has 0 saturated heterocycles. The summed E-state index contributed by atoms with van der Waals surface area (Å²) in [5.74, 6) is 0. The standard InChI is InChI=1S/K.3H2O.2O.Os.H/h;3*1H2;;;;/q+1;;;;;;;-1. The fraction of sp³-hybridized carbons (Fsp3) is 0. The molecule has 0 aliphatic carbocycles. The second kappa shape index (κ2) is 46.7. The predicted octanol–water partition coefficient (Wildman–Crippen LogP) is -5.60. The Bertz CT molecular complexity index is 33.4. The van der Waals surface area contributed by atoms with Gasteiger partial charge in [0.1, 0.15) is 0 Å². The third kappa shape index (κ3) is 83.5. The van der Waals surface area contributed by atoms with Crippen LogP contribution in [0.1, 0.15) is 1.43 Å². The molecule has 7 heteroatoms. The van der Waals surface area contributed by atoms with Crippen LogP contribution in [0.3, 0.4) is 0 Å². The fourth-order valence-electron chi connectivity index (χ4n) is 0. The molecular formula is H7KO5Os. The number of hydrogen-bond acceptors (Lipinski definition) is 2. The van der Waals surface area contributed by atoms with E-state index in [1.165, 1.54) is 0 Å². The summed E-state index contributed by atoms with van der Waals surface area (Å²) in [6, 6.07) is 0. The number of rotatable bonds is 0. The molecule has 0 bridgehead atoms. The normalized spacial score (nSPS) is 2.29. The van der Waals surface area contributed by atoms with Crippen molar-refractivity contribution in [3.8, 4) is 0 Å². The molecule has 0 aromatic carbocycles. The van der Waals surface area contributed by atoms with Gasteiger partial charge in [0.05, 0.1) is 0 Å². The third-order valence-electron chi connectivity index (χ3n) is 0. The van der Waals surface area contributed by atoms with Gasteiger partial charge in [-0.1, -0.05) is 0 Å². The van der Waals surface area contributed by atoms with Crippen LogP contribution in [-0.2, 0) is 24.4 Å². The Hall–Kier alpha value is 1.75. The summed E-state index contributed by atoms with van der Waals surface area (Å²) in [6.07, 6.45) is 0. The molecule has 5 nitrogen and oxygen atoms in total. The van der Waals surface area contributed by atoms with Crippen LogP contribution in [0, 0.1) is 0 Å². The van der Waals surface area contributed by atoms with Crippen molar-refractivity contribution in [2.24, 2.45) is 0 Å². The molecule has 0 rings (SSSR count). The van der Waals surface area contributed by atoms with Crippen molar-refractivity contribution >= 4 is 0 Å². The summed E-state index contributed by atoms with van der Waals surface area (Å²) in [6.45, 7) is 0. The maximum absolute atomic E-state index is 8.51. The van der Waals surface area contributed by atoms with Gasteiger partial charge in [-0.15, -0.1) is 0 Å². The molecule has 6 N–H and O–H groups in total. The molecular weight excluding hydrogens is 309 g/mol. The first-order valence-electron chi connectivity index (χ1n) is 0.289. The summed E-state index contributed by atoms with van der Waals surface area (Å²) in [4.78, 5) is 0. The van der Waals surface area contributed by atoms with Gasteiger partial charge >= 0.3 is 75.8 Å². The first-order valence-corrected chi connectivity index (χ1v) is 2.36. The van der Waals surface area contributed by atoms with Crippen molar-refractivity contribution in [1.82, 2.24) is 0 Å². The molecule has 0 unspecified atom stereocenters. The summed E-state index contributed by atoms with van der Waals surface area (Å²) in [5.41, 5.74) is 0. The molecule has 0 aliphatic heterocycles. The Morgan fingerprint density at radius 1 is 1.00 bits per heavy atom. The average Bonchev–Trinajstić information content (AvgIpc) is 0.918. The predicted molar refractivity (Wildman–Crippen MR) is 13.3 cm³/mol. The van der Waals surface area contributed by atoms with Crippen LogP contribution in [0.15, 0.2) is 0 Å². The zero-order chi connectivity index (χ0) is 2.71. The van der Waals surface area contributed by atoms with Crippen molar-refractivity contribution < 1.29 is 93.6 Å². The zero-order valence-electron chi connectivity index (χ0n) is 4.67. The maximum atomic E-state index is 8.51. The van der Waals surface area contributed by atoms with Crippen molar-refractivity contribution in [1.29, 1.82) is 0 Å². The second-order valence-corrected chi connectivity index (χ2v) is 0.482. The van der Waals surface area contributed by atoms with Gasteiger partial charge in [-0.3, -0.25) is 0 Å². The number of hydrogen-bond donors (Lipinski definition) is 0. The van der Waals surface area contributed by atoms with Gasteiger partial charge in [0.25, 0.3) is 0 Å². The van der Waals surface area contributed by atoms with E-state index in [-0.39, 0.29) is 69.2 Å². The summed E-state index contributed by atoms with van der Waals surface area (Å²) >= 11 is -2.08. The zero-order valence-corrected chi connectivity index (χ0v) is 9.33. The second-order valence-electron chi connectivity index (χ2n) is 0.0589. The van der Waals surface area contributed by atoms with E-state index < -0.39 is 17.3 Å². The molecule has 0 heterocycles. The monoisotopic (exact) mass is 318 g/mol. The van der Waals surface area contributed by atoms with Gasteiger partial charge in [0.15, 0.2) is 0 Å². The van der Waals surface area contributed by atoms with Crippen LogP contribution in [0.25, 0.3) is 0 Å². The quantitative estimate of drug-likeness (QED) is 0.413. The SMILES string of the molecule is O.O.O.[H-].[K+].[O]=[Os]=[O]. The molecule has 7 heavy (non-hydrogen) atoms. The molecule has 0 aliphatic rings. The van der Waals surface area contributed by atoms with E-state index in [1.54, 1.807) is 0 Å². The molecule has 0 aromatic heterocycles. The van der Waals surface area contributed by atoms with Gasteiger partial charge in [0.2, 0.25) is 0 Å². The van der Waals surface area contributed by atoms with E-state index in [0.29, 0.717) is 0 Å². The van der Waals surface area contributed by atoms with Crippen LogP contribution >= 0.6 is 0 Å². The first-order chi connectivity index (χ1) is 1.41. The summed E-state index contributed by atoms with van der Waals surface area (Å²) in [5, 5.41) is 0. The molecule has 0 aromatic rings. The molecule has 0 atom stereocenters. The minimum atomic E-state index is -2.08.